The van der Waals surface area contributed by atoms with Crippen molar-refractivity contribution in [3.05, 3.63) is 22.9 Å². The molecule has 26 heavy (non-hydrogen) atoms. The van der Waals surface area contributed by atoms with Gasteiger partial charge in [-0.25, -0.2) is 13.1 Å². The number of alkyl halides is 3. The summed E-state index contributed by atoms with van der Waals surface area (Å²) in [4.78, 5) is 4.80. The molecule has 1 atom stereocenters. The molecule has 0 aliphatic heterocycles. The summed E-state index contributed by atoms with van der Waals surface area (Å²) in [6.45, 7) is 5.64. The summed E-state index contributed by atoms with van der Waals surface area (Å²) >= 11 is 0. The van der Waals surface area contributed by atoms with Gasteiger partial charge < -0.3 is 4.90 Å². The lowest BCUT2D eigenvalue weighted by Crippen LogP contribution is -2.32. The number of allylic oxidation sites excluding steroid dienone is 3. The number of nitrogens with zero attached hydrogens (tertiary/aromatic N) is 4. The molecule has 0 spiro atoms. The second-order valence-electron chi connectivity index (χ2n) is 6.89. The Morgan fingerprint density at radius 1 is 1.35 bits per heavy atom. The molecule has 0 aromatic carbocycles. The van der Waals surface area contributed by atoms with E-state index in [-0.39, 0.29) is 23.2 Å². The topological polar surface area (TPSA) is 68.1 Å². The van der Waals surface area contributed by atoms with Crippen molar-refractivity contribution in [2.24, 2.45) is 11.3 Å². The Bertz CT molecular complexity index is 872. The molecule has 1 aliphatic carbocycles. The van der Waals surface area contributed by atoms with Gasteiger partial charge in [0.25, 0.3) is 14.9 Å². The monoisotopic (exact) mass is 412 g/mol. The van der Waals surface area contributed by atoms with E-state index in [1.54, 1.807) is 0 Å². The highest BCUT2D eigenvalue weighted by molar-refractivity contribution is 8.17. The van der Waals surface area contributed by atoms with Gasteiger partial charge in [0.1, 0.15) is 0 Å². The summed E-state index contributed by atoms with van der Waals surface area (Å²) in [6, 6.07) is 0. The number of hydrogen-bond donors (Lipinski definition) is 0. The van der Waals surface area contributed by atoms with Gasteiger partial charge in [0, 0.05) is 30.2 Å². The van der Waals surface area contributed by atoms with Crippen LogP contribution >= 0.6 is 10.7 Å². The Labute approximate surface area is 154 Å². The van der Waals surface area contributed by atoms with Crippen LogP contribution in [0.5, 0.6) is 0 Å². The molecule has 0 N–H and O–H groups in total. The zero-order valence-corrected chi connectivity index (χ0v) is 16.5. The van der Waals surface area contributed by atoms with Crippen LogP contribution in [0.15, 0.2) is 17.1 Å². The minimum Gasteiger partial charge on any atom is -0.347 e. The first-order chi connectivity index (χ1) is 11.7. The maximum absolute atomic E-state index is 13.1. The van der Waals surface area contributed by atoms with Gasteiger partial charge in [-0.3, -0.25) is 0 Å². The molecular weight excluding hydrogens is 393 g/mol. The van der Waals surface area contributed by atoms with Gasteiger partial charge in [-0.15, -0.1) is 5.10 Å². The van der Waals surface area contributed by atoms with Gasteiger partial charge >= 0.3 is 6.18 Å². The Morgan fingerprint density at radius 2 is 1.92 bits per heavy atom. The molecule has 6 nitrogen and oxygen atoms in total. The van der Waals surface area contributed by atoms with Gasteiger partial charge in [-0.1, -0.05) is 26.8 Å². The van der Waals surface area contributed by atoms with Crippen molar-refractivity contribution in [1.29, 1.82) is 0 Å². The maximum Gasteiger partial charge on any atom is 0.453 e. The predicted molar refractivity (Wildman–Crippen MR) is 94.0 cm³/mol. The summed E-state index contributed by atoms with van der Waals surface area (Å²) in [5.41, 5.74) is -0.368. The zero-order valence-electron chi connectivity index (χ0n) is 15.0. The Morgan fingerprint density at radius 3 is 2.35 bits per heavy atom. The molecule has 1 aromatic heterocycles. The molecular formula is C15H20ClF3N4O2S. The maximum atomic E-state index is 13.1. The zero-order chi connectivity index (χ0) is 20.1. The standard InChI is InChI=1S/C15H20ClF3N4O2S/c1-9(2)14(3)7-6-10(26(16,24)25)8-11(14)23-13(22(4)5)20-12(21-23)15(17,18)19/h6,8-9H,7H2,1-5H3. The average Bonchev–Trinajstić information content (AvgIpc) is 2.91. The second kappa shape index (κ2) is 6.56. The van der Waals surface area contributed by atoms with Gasteiger partial charge in [0.15, 0.2) is 0 Å². The highest BCUT2D eigenvalue weighted by atomic mass is 35.7. The lowest BCUT2D eigenvalue weighted by atomic mass is 9.71. The number of hydrogen-bond acceptors (Lipinski definition) is 5. The van der Waals surface area contributed by atoms with E-state index in [1.807, 2.05) is 20.8 Å². The molecule has 1 aromatic rings. The van der Waals surface area contributed by atoms with Crippen molar-refractivity contribution < 1.29 is 21.6 Å². The Hall–Kier alpha value is -1.55. The molecule has 0 amide bonds. The number of anilines is 1. The second-order valence-corrected chi connectivity index (χ2v) is 9.46. The first-order valence-corrected chi connectivity index (χ1v) is 10.1. The molecule has 1 heterocycles. The van der Waals surface area contributed by atoms with Crippen LogP contribution in [0.4, 0.5) is 19.1 Å². The van der Waals surface area contributed by atoms with Crippen molar-refractivity contribution in [1.82, 2.24) is 14.8 Å². The number of rotatable bonds is 4. The summed E-state index contributed by atoms with van der Waals surface area (Å²) in [6.07, 6.45) is -1.70. The molecule has 0 radical (unpaired) electrons. The fourth-order valence-electron chi connectivity index (χ4n) is 2.66. The third-order valence-corrected chi connectivity index (χ3v) is 6.00. The molecule has 0 saturated carbocycles. The van der Waals surface area contributed by atoms with Crippen LogP contribution in [-0.4, -0.2) is 37.3 Å². The highest BCUT2D eigenvalue weighted by Gasteiger charge is 2.42. The van der Waals surface area contributed by atoms with E-state index in [1.165, 1.54) is 31.1 Å². The first-order valence-electron chi connectivity index (χ1n) is 7.77. The highest BCUT2D eigenvalue weighted by Crippen LogP contribution is 2.47. The third-order valence-electron chi connectivity index (χ3n) is 4.62. The van der Waals surface area contributed by atoms with Crippen LogP contribution in [0.25, 0.3) is 5.70 Å². The normalized spacial score (nSPS) is 21.6. The van der Waals surface area contributed by atoms with Crippen LogP contribution in [0, 0.1) is 11.3 Å². The largest absolute Gasteiger partial charge is 0.453 e. The molecule has 11 heteroatoms. The Kier molecular flexibility index (Phi) is 5.24. The Balaban J connectivity index is 2.77. The summed E-state index contributed by atoms with van der Waals surface area (Å²) in [7, 11) is 4.47. The van der Waals surface area contributed by atoms with Crippen molar-refractivity contribution in [3.8, 4) is 0 Å². The van der Waals surface area contributed by atoms with Crippen LogP contribution in [-0.2, 0) is 15.2 Å². The van der Waals surface area contributed by atoms with E-state index in [0.717, 1.165) is 4.68 Å². The van der Waals surface area contributed by atoms with Crippen molar-refractivity contribution in [2.45, 2.75) is 33.4 Å². The molecule has 0 bridgehead atoms. The summed E-state index contributed by atoms with van der Waals surface area (Å²) in [5.74, 6) is -1.36. The molecule has 0 saturated heterocycles. The number of aromatic nitrogens is 3. The van der Waals surface area contributed by atoms with Gasteiger partial charge in [0.2, 0.25) is 5.95 Å². The lowest BCUT2D eigenvalue weighted by Gasteiger charge is -2.38. The SMILES string of the molecule is CC(C)C1(C)CC=C(S(=O)(=O)Cl)C=C1n1nc(C(F)(F)F)nc1N(C)C. The first kappa shape index (κ1) is 20.8. The van der Waals surface area contributed by atoms with Crippen LogP contribution in [0.2, 0.25) is 0 Å². The molecule has 2 rings (SSSR count). The van der Waals surface area contributed by atoms with Crippen LogP contribution in [0.3, 0.4) is 0 Å². The smallest absolute Gasteiger partial charge is 0.347 e. The predicted octanol–water partition coefficient (Wildman–Crippen LogP) is 3.72. The van der Waals surface area contributed by atoms with E-state index in [4.69, 9.17) is 10.7 Å². The third kappa shape index (κ3) is 3.75. The van der Waals surface area contributed by atoms with Gasteiger partial charge in [0.05, 0.1) is 10.6 Å². The van der Waals surface area contributed by atoms with E-state index >= 15 is 0 Å². The molecule has 1 aliphatic rings. The van der Waals surface area contributed by atoms with E-state index in [0.29, 0.717) is 5.70 Å². The quantitative estimate of drug-likeness (QED) is 0.705. The van der Waals surface area contributed by atoms with Crippen molar-refractivity contribution >= 4 is 31.4 Å². The number of halogens is 4. The molecule has 0 fully saturated rings. The van der Waals surface area contributed by atoms with E-state index in [2.05, 4.69) is 10.1 Å². The van der Waals surface area contributed by atoms with E-state index < -0.39 is 26.5 Å². The fourth-order valence-corrected chi connectivity index (χ4v) is 3.51. The van der Waals surface area contributed by atoms with Crippen LogP contribution in [0.1, 0.15) is 33.0 Å². The van der Waals surface area contributed by atoms with Crippen molar-refractivity contribution in [3.63, 3.8) is 0 Å². The van der Waals surface area contributed by atoms with E-state index in [9.17, 15) is 21.6 Å². The van der Waals surface area contributed by atoms with Crippen LogP contribution < -0.4 is 4.90 Å². The van der Waals surface area contributed by atoms with Gasteiger partial charge in [-0.2, -0.15) is 18.2 Å². The lowest BCUT2D eigenvalue weighted by molar-refractivity contribution is -0.144. The van der Waals surface area contributed by atoms with Crippen molar-refractivity contribution in [2.75, 3.05) is 19.0 Å². The fraction of sp³-hybridized carbons (Fsp3) is 0.600. The summed E-state index contributed by atoms with van der Waals surface area (Å²) < 4.78 is 63.9. The molecule has 146 valence electrons. The minimum absolute atomic E-state index is 0.0156. The average molecular weight is 413 g/mol. The molecule has 1 unspecified atom stereocenters. The summed E-state index contributed by atoms with van der Waals surface area (Å²) in [5, 5.41) is 3.63. The minimum atomic E-state index is -4.73. The van der Waals surface area contributed by atoms with Gasteiger partial charge in [-0.05, 0) is 18.4 Å².